The van der Waals surface area contributed by atoms with Crippen LogP contribution < -0.4 is 10.6 Å². The summed E-state index contributed by atoms with van der Waals surface area (Å²) in [7, 11) is 0. The van der Waals surface area contributed by atoms with Gasteiger partial charge in [0.1, 0.15) is 0 Å². The Morgan fingerprint density at radius 3 is 2.96 bits per heavy atom. The van der Waals surface area contributed by atoms with Crippen LogP contribution in [0.5, 0.6) is 0 Å². The van der Waals surface area contributed by atoms with Gasteiger partial charge in [0.05, 0.1) is 19.3 Å². The van der Waals surface area contributed by atoms with Crippen LogP contribution in [-0.4, -0.2) is 60.4 Å². The lowest BCUT2D eigenvalue weighted by Gasteiger charge is -2.35. The second kappa shape index (κ2) is 9.52. The van der Waals surface area contributed by atoms with E-state index in [4.69, 9.17) is 4.74 Å². The van der Waals surface area contributed by atoms with Crippen LogP contribution in [0.25, 0.3) is 0 Å². The van der Waals surface area contributed by atoms with Crippen molar-refractivity contribution >= 4 is 18.3 Å². The smallest absolute Gasteiger partial charge is 0.272 e. The molecule has 8 heteroatoms. The molecule has 1 aromatic carbocycles. The Morgan fingerprint density at radius 1 is 1.36 bits per heavy atom. The highest BCUT2D eigenvalue weighted by Gasteiger charge is 2.26. The molecule has 2 aliphatic rings. The monoisotopic (exact) mass is 405 g/mol. The predicted molar refractivity (Wildman–Crippen MR) is 110 cm³/mol. The summed E-state index contributed by atoms with van der Waals surface area (Å²) in [4.78, 5) is 15.2. The number of nitrogens with zero attached hydrogens (tertiary/aromatic N) is 2. The van der Waals surface area contributed by atoms with E-state index in [9.17, 15) is 4.79 Å². The molecule has 1 atom stereocenters. The Kier molecular flexibility index (Phi) is 7.07. The standard InChI is InChI=1S/C20H27N5O2.ClH/c1-14-3-2-4-15(11-14)18(25-7-9-27-10-8-25)13-22-20(26)19-16-12-21-6-5-17(16)23-24-19;/h2-4,11,18,21H,5-10,12-13H2,1H3,(H,22,26)(H,23,24);1H. The highest BCUT2D eigenvalue weighted by atomic mass is 35.5. The van der Waals surface area contributed by atoms with Gasteiger partial charge in [0.2, 0.25) is 0 Å². The van der Waals surface area contributed by atoms with Gasteiger partial charge in [-0.25, -0.2) is 0 Å². The molecular weight excluding hydrogens is 378 g/mol. The number of fused-ring (bicyclic) bond motifs is 1. The summed E-state index contributed by atoms with van der Waals surface area (Å²) in [6.07, 6.45) is 0.884. The first-order chi connectivity index (χ1) is 13.2. The summed E-state index contributed by atoms with van der Waals surface area (Å²) in [5.41, 5.74) is 5.04. The lowest BCUT2D eigenvalue weighted by Crippen LogP contribution is -2.44. The van der Waals surface area contributed by atoms with Gasteiger partial charge in [0.15, 0.2) is 5.69 Å². The molecule has 0 bridgehead atoms. The molecule has 3 N–H and O–H groups in total. The number of hydrogen-bond donors (Lipinski definition) is 3. The molecule has 0 spiro atoms. The van der Waals surface area contributed by atoms with Gasteiger partial charge in [-0.2, -0.15) is 5.10 Å². The number of H-pyrrole nitrogens is 1. The van der Waals surface area contributed by atoms with E-state index in [2.05, 4.69) is 56.9 Å². The summed E-state index contributed by atoms with van der Waals surface area (Å²) >= 11 is 0. The molecule has 2 aliphatic heterocycles. The van der Waals surface area contributed by atoms with E-state index in [1.807, 2.05) is 0 Å². The average molecular weight is 406 g/mol. The summed E-state index contributed by atoms with van der Waals surface area (Å²) in [5, 5.41) is 13.7. The minimum absolute atomic E-state index is 0. The fraction of sp³-hybridized carbons (Fsp3) is 0.500. The zero-order valence-electron chi connectivity index (χ0n) is 16.2. The van der Waals surface area contributed by atoms with Crippen molar-refractivity contribution in [3.8, 4) is 0 Å². The molecule has 1 amide bonds. The number of rotatable bonds is 5. The van der Waals surface area contributed by atoms with Gasteiger partial charge >= 0.3 is 0 Å². The molecule has 0 aliphatic carbocycles. The van der Waals surface area contributed by atoms with Crippen LogP contribution in [0.2, 0.25) is 0 Å². The number of amides is 1. The van der Waals surface area contributed by atoms with Crippen LogP contribution >= 0.6 is 12.4 Å². The Morgan fingerprint density at radius 2 is 2.18 bits per heavy atom. The molecule has 1 aromatic heterocycles. The molecular formula is C20H28ClN5O2. The number of aromatic nitrogens is 2. The number of halogens is 1. The second-order valence-corrected chi connectivity index (χ2v) is 7.24. The van der Waals surface area contributed by atoms with Crippen molar-refractivity contribution < 1.29 is 9.53 Å². The molecule has 2 aromatic rings. The average Bonchev–Trinajstić information content (AvgIpc) is 3.13. The van der Waals surface area contributed by atoms with Crippen molar-refractivity contribution in [3.05, 3.63) is 52.3 Å². The number of carbonyl (C=O) groups is 1. The Bertz CT molecular complexity index is 804. The molecule has 4 rings (SSSR count). The molecule has 1 saturated heterocycles. The van der Waals surface area contributed by atoms with Crippen molar-refractivity contribution in [1.29, 1.82) is 0 Å². The summed E-state index contributed by atoms with van der Waals surface area (Å²) < 4.78 is 5.51. The van der Waals surface area contributed by atoms with E-state index < -0.39 is 0 Å². The van der Waals surface area contributed by atoms with Gasteiger partial charge in [0.25, 0.3) is 5.91 Å². The van der Waals surface area contributed by atoms with Crippen LogP contribution in [-0.2, 0) is 17.7 Å². The molecule has 0 saturated carbocycles. The van der Waals surface area contributed by atoms with Crippen molar-refractivity contribution in [1.82, 2.24) is 25.7 Å². The Balaban J connectivity index is 0.00000225. The number of aromatic amines is 1. The lowest BCUT2D eigenvalue weighted by atomic mass is 10.0. The van der Waals surface area contributed by atoms with Crippen LogP contribution in [0.1, 0.15) is 38.9 Å². The zero-order chi connectivity index (χ0) is 18.6. The maximum absolute atomic E-state index is 12.8. The van der Waals surface area contributed by atoms with Crippen molar-refractivity contribution in [2.24, 2.45) is 0 Å². The third-order valence-electron chi connectivity index (χ3n) is 5.39. The van der Waals surface area contributed by atoms with Gasteiger partial charge in [-0.1, -0.05) is 29.8 Å². The van der Waals surface area contributed by atoms with Gasteiger partial charge in [-0.3, -0.25) is 14.8 Å². The van der Waals surface area contributed by atoms with Crippen molar-refractivity contribution in [2.75, 3.05) is 39.4 Å². The quantitative estimate of drug-likeness (QED) is 0.703. The molecule has 1 fully saturated rings. The maximum atomic E-state index is 12.8. The molecule has 7 nitrogen and oxygen atoms in total. The number of aryl methyl sites for hydroxylation is 1. The zero-order valence-corrected chi connectivity index (χ0v) is 17.0. The van der Waals surface area contributed by atoms with Crippen molar-refractivity contribution in [2.45, 2.75) is 25.9 Å². The van der Waals surface area contributed by atoms with E-state index in [0.717, 1.165) is 50.5 Å². The number of nitrogens with one attached hydrogen (secondary N) is 3. The molecule has 152 valence electrons. The predicted octanol–water partition coefficient (Wildman–Crippen LogP) is 1.59. The van der Waals surface area contributed by atoms with E-state index in [-0.39, 0.29) is 24.4 Å². The number of hydrogen-bond acceptors (Lipinski definition) is 5. The Hall–Kier alpha value is -1.93. The van der Waals surface area contributed by atoms with Crippen molar-refractivity contribution in [3.63, 3.8) is 0 Å². The first-order valence-corrected chi connectivity index (χ1v) is 9.66. The minimum Gasteiger partial charge on any atom is -0.379 e. The van der Waals surface area contributed by atoms with Crippen LogP contribution in [0.3, 0.4) is 0 Å². The topological polar surface area (TPSA) is 82.3 Å². The van der Waals surface area contributed by atoms with Crippen LogP contribution in [0.15, 0.2) is 24.3 Å². The molecule has 28 heavy (non-hydrogen) atoms. The van der Waals surface area contributed by atoms with E-state index >= 15 is 0 Å². The van der Waals surface area contributed by atoms with E-state index in [1.165, 1.54) is 11.1 Å². The largest absolute Gasteiger partial charge is 0.379 e. The minimum atomic E-state index is -0.109. The highest BCUT2D eigenvalue weighted by molar-refractivity contribution is 5.94. The van der Waals surface area contributed by atoms with Gasteiger partial charge < -0.3 is 15.4 Å². The fourth-order valence-electron chi connectivity index (χ4n) is 3.91. The number of ether oxygens (including phenoxy) is 1. The number of carbonyl (C=O) groups excluding carboxylic acids is 1. The SMILES string of the molecule is Cc1cccc(C(CNC(=O)c2n[nH]c3c2CNCC3)N2CCOCC2)c1.Cl. The summed E-state index contributed by atoms with van der Waals surface area (Å²) in [6.45, 7) is 7.47. The number of morpholine rings is 1. The summed E-state index contributed by atoms with van der Waals surface area (Å²) in [5.74, 6) is -0.109. The third kappa shape index (κ3) is 4.55. The molecule has 1 unspecified atom stereocenters. The van der Waals surface area contributed by atoms with Gasteiger partial charge in [-0.05, 0) is 12.5 Å². The maximum Gasteiger partial charge on any atom is 0.272 e. The first kappa shape index (κ1) is 20.8. The number of benzene rings is 1. The normalized spacial score (nSPS) is 18.0. The highest BCUT2D eigenvalue weighted by Crippen LogP contribution is 2.23. The third-order valence-corrected chi connectivity index (χ3v) is 5.39. The molecule has 3 heterocycles. The Labute approximate surface area is 171 Å². The second-order valence-electron chi connectivity index (χ2n) is 7.24. The summed E-state index contributed by atoms with van der Waals surface area (Å²) in [6, 6.07) is 8.65. The van der Waals surface area contributed by atoms with Crippen LogP contribution in [0, 0.1) is 6.92 Å². The first-order valence-electron chi connectivity index (χ1n) is 9.66. The van der Waals surface area contributed by atoms with Gasteiger partial charge in [-0.15, -0.1) is 12.4 Å². The van der Waals surface area contributed by atoms with Gasteiger partial charge in [0, 0.05) is 50.4 Å². The lowest BCUT2D eigenvalue weighted by molar-refractivity contribution is 0.0162. The van der Waals surface area contributed by atoms with E-state index in [1.54, 1.807) is 0 Å². The fourth-order valence-corrected chi connectivity index (χ4v) is 3.91. The van der Waals surface area contributed by atoms with E-state index in [0.29, 0.717) is 18.8 Å². The van der Waals surface area contributed by atoms with Crippen LogP contribution in [0.4, 0.5) is 0 Å². The molecule has 0 radical (unpaired) electrons.